The van der Waals surface area contributed by atoms with E-state index in [-0.39, 0.29) is 18.1 Å². The van der Waals surface area contributed by atoms with Crippen molar-refractivity contribution in [1.82, 2.24) is 9.97 Å². The highest BCUT2D eigenvalue weighted by Gasteiger charge is 2.16. The molecule has 6 atom stereocenters. The Balaban J connectivity index is -0.000000244. The van der Waals surface area contributed by atoms with Gasteiger partial charge in [-0.05, 0) is 32.7 Å². The van der Waals surface area contributed by atoms with Gasteiger partial charge < -0.3 is 81.5 Å². The van der Waals surface area contributed by atoms with Crippen molar-refractivity contribution in [2.75, 3.05) is 18.8 Å². The molecule has 0 bridgehead atoms. The topological polar surface area (TPSA) is 456 Å². The molecule has 1 aromatic heterocycles. The lowest BCUT2D eigenvalue weighted by Gasteiger charge is -2.06. The van der Waals surface area contributed by atoms with Crippen LogP contribution in [0.15, 0.2) is 17.5 Å². The number of nitrogens with two attached hydrogens (primary N) is 8. The first-order valence-corrected chi connectivity index (χ1v) is 13.7. The van der Waals surface area contributed by atoms with E-state index in [1.807, 2.05) is 0 Å². The van der Waals surface area contributed by atoms with Crippen molar-refractivity contribution in [3.63, 3.8) is 0 Å². The number of carboxylic acid groups (broad SMARTS) is 5. The molecule has 1 heterocycles. The number of nitrogens with one attached hydrogen (secondary N) is 1. The van der Waals surface area contributed by atoms with Crippen molar-refractivity contribution < 1.29 is 54.6 Å². The van der Waals surface area contributed by atoms with Crippen LogP contribution < -0.4 is 45.9 Å². The number of rotatable bonds is 15. The molecule has 1 rings (SSSR count). The minimum absolute atomic E-state index is 0.0129. The molecule has 22 nitrogen and oxygen atoms in total. The summed E-state index contributed by atoms with van der Waals surface area (Å²) in [4.78, 5) is 60.2. The van der Waals surface area contributed by atoms with E-state index < -0.39 is 66.2 Å². The lowest BCUT2D eigenvalue weighted by atomic mass is 10.2. The fourth-order valence-corrected chi connectivity index (χ4v) is 2.11. The molecule has 268 valence electrons. The lowest BCUT2D eigenvalue weighted by molar-refractivity contribution is -0.141. The number of aliphatic hydroxyl groups excluding tert-OH is 1. The third kappa shape index (κ3) is 32.8. The van der Waals surface area contributed by atoms with E-state index in [0.29, 0.717) is 32.4 Å². The predicted octanol–water partition coefficient (Wildman–Crippen LogP) is -5.33. The van der Waals surface area contributed by atoms with Crippen LogP contribution in [0.1, 0.15) is 31.9 Å². The Bertz CT molecular complexity index is 1010. The molecule has 0 amide bonds. The zero-order valence-corrected chi connectivity index (χ0v) is 26.1. The Morgan fingerprint density at radius 3 is 1.52 bits per heavy atom. The van der Waals surface area contributed by atoms with Gasteiger partial charge in [-0.15, -0.1) is 0 Å². The van der Waals surface area contributed by atoms with Crippen LogP contribution in [-0.4, -0.2) is 132 Å². The van der Waals surface area contributed by atoms with Gasteiger partial charge in [0.15, 0.2) is 5.96 Å². The van der Waals surface area contributed by atoms with Crippen molar-refractivity contribution in [3.05, 3.63) is 18.2 Å². The molecule has 0 saturated heterocycles. The number of hydrogen-bond donors (Lipinski definition) is 16. The Morgan fingerprint density at radius 1 is 0.826 bits per heavy atom. The van der Waals surface area contributed by atoms with Crippen molar-refractivity contribution in [2.24, 2.45) is 50.9 Å². The molecule has 1 aromatic rings. The van der Waals surface area contributed by atoms with Crippen LogP contribution in [-0.2, 0) is 30.4 Å². The van der Waals surface area contributed by atoms with Crippen LogP contribution in [0, 0.1) is 0 Å². The van der Waals surface area contributed by atoms with Gasteiger partial charge in [-0.1, -0.05) is 0 Å². The van der Waals surface area contributed by atoms with Crippen LogP contribution >= 0.6 is 12.6 Å². The summed E-state index contributed by atoms with van der Waals surface area (Å²) >= 11 is 3.65. The van der Waals surface area contributed by atoms with Crippen LogP contribution in [0.3, 0.4) is 0 Å². The third-order valence-electron chi connectivity index (χ3n) is 4.71. The van der Waals surface area contributed by atoms with Gasteiger partial charge in [0.2, 0.25) is 0 Å². The number of aromatic nitrogens is 2. The molecule has 0 spiro atoms. The maximum atomic E-state index is 10.3. The van der Waals surface area contributed by atoms with Crippen LogP contribution in [0.25, 0.3) is 0 Å². The molecule has 46 heavy (non-hydrogen) atoms. The second kappa shape index (κ2) is 29.6. The number of carboxylic acids is 5. The highest BCUT2D eigenvalue weighted by Crippen LogP contribution is 1.96. The summed E-state index contributed by atoms with van der Waals surface area (Å²) in [6, 6.07) is -4.44. The second-order valence-corrected chi connectivity index (χ2v) is 9.24. The summed E-state index contributed by atoms with van der Waals surface area (Å²) in [5.41, 5.74) is 41.2. The molecule has 23 N–H and O–H groups in total. The Hall–Kier alpha value is -4.10. The molecule has 0 saturated carbocycles. The number of hydrogen-bond acceptors (Lipinski definition) is 15. The van der Waals surface area contributed by atoms with Gasteiger partial charge in [0.25, 0.3) is 0 Å². The zero-order valence-electron chi connectivity index (χ0n) is 25.3. The number of nitrogens with zero attached hydrogens (tertiary/aromatic N) is 2. The predicted molar refractivity (Wildman–Crippen MR) is 169 cm³/mol. The molecule has 0 aromatic carbocycles. The molecular weight excluding hydrogens is 638 g/mol. The van der Waals surface area contributed by atoms with Crippen molar-refractivity contribution in [1.29, 1.82) is 0 Å². The van der Waals surface area contributed by atoms with E-state index in [2.05, 4.69) is 27.6 Å². The summed E-state index contributed by atoms with van der Waals surface area (Å²) in [5, 5.41) is 49.5. The molecule has 0 radical (unpaired) electrons. The van der Waals surface area contributed by atoms with Crippen LogP contribution in [0.5, 0.6) is 0 Å². The number of aliphatic hydroxyl groups is 1. The first kappa shape index (κ1) is 48.8. The van der Waals surface area contributed by atoms with Crippen LogP contribution in [0.4, 0.5) is 0 Å². The minimum atomic E-state index is -1.18. The molecule has 0 aliphatic rings. The van der Waals surface area contributed by atoms with Crippen molar-refractivity contribution in [3.8, 4) is 0 Å². The second-order valence-electron chi connectivity index (χ2n) is 8.87. The monoisotopic (exact) mass is 687 g/mol. The molecule has 23 heteroatoms. The average molecular weight is 688 g/mol. The largest absolute Gasteiger partial charge is 0.480 e. The fraction of sp³-hybridized carbons (Fsp3) is 0.609. The number of aliphatic imine (C=N–C) groups is 1. The summed E-state index contributed by atoms with van der Waals surface area (Å²) < 4.78 is 0. The Labute approximate surface area is 270 Å². The first-order chi connectivity index (χ1) is 21.1. The summed E-state index contributed by atoms with van der Waals surface area (Å²) in [7, 11) is 0. The standard InChI is InChI=1S/C6H14N4O2.C6H9N3O2.C4H10N2O2.C4H9NO3.C3H7NO2S/c7-4(5(11)12)2-1-3-10-6(8)9;7-5(6(10)11)1-4-2-8-3-9-4;5-2-1-3(6)4(7)8;1-2(6)3(5)4(7)8;4-2(1-7)3(5)6/h4H,1-3,7H2,(H,11,12)(H4,8,9,10);2-3,5H,1,7H2,(H,8,9)(H,10,11);3H,1-2,5-6H2,(H,7,8);2-3,6H,5H2,1H3,(H,7,8);2,7H,1,4H2,(H,5,6). The van der Waals surface area contributed by atoms with E-state index in [4.69, 9.17) is 76.5 Å². The Kier molecular flexibility index (Phi) is 31.4. The van der Waals surface area contributed by atoms with Gasteiger partial charge in [0.1, 0.15) is 30.2 Å². The maximum Gasteiger partial charge on any atom is 0.323 e. The normalized spacial score (nSPS) is 13.6. The molecule has 0 aliphatic heterocycles. The average Bonchev–Trinajstić information content (AvgIpc) is 3.48. The van der Waals surface area contributed by atoms with Gasteiger partial charge in [0.05, 0.1) is 12.4 Å². The SMILES string of the molecule is CC(O)C(N)C(=O)O.NC(CS)C(=O)O.NC(Cc1cnc[nH]1)C(=O)O.NC(N)=NCCCC(N)C(=O)O.NCCC(N)C(=O)O. The molecule has 0 aliphatic carbocycles. The van der Waals surface area contributed by atoms with Gasteiger partial charge in [-0.25, -0.2) is 4.98 Å². The number of H-pyrrole nitrogens is 1. The van der Waals surface area contributed by atoms with Gasteiger partial charge in [0, 0.05) is 30.6 Å². The number of aliphatic carboxylic acids is 5. The number of guanidine groups is 1. The quantitative estimate of drug-likeness (QED) is 0.0354. The van der Waals surface area contributed by atoms with Crippen LogP contribution in [0.2, 0.25) is 0 Å². The minimum Gasteiger partial charge on any atom is -0.480 e. The van der Waals surface area contributed by atoms with Crippen molar-refractivity contribution in [2.45, 2.75) is 68.9 Å². The highest BCUT2D eigenvalue weighted by molar-refractivity contribution is 7.80. The van der Waals surface area contributed by atoms with E-state index in [1.165, 1.54) is 13.3 Å². The molecular formula is C23H49N11O11S. The fourth-order valence-electron chi connectivity index (χ4n) is 1.95. The zero-order chi connectivity index (χ0) is 37.0. The maximum absolute atomic E-state index is 10.3. The van der Waals surface area contributed by atoms with Crippen molar-refractivity contribution >= 4 is 48.4 Å². The Morgan fingerprint density at radius 2 is 1.28 bits per heavy atom. The van der Waals surface area contributed by atoms with E-state index in [9.17, 15) is 24.0 Å². The molecule has 6 unspecified atom stereocenters. The number of imidazole rings is 1. The number of carbonyl (C=O) groups is 5. The highest BCUT2D eigenvalue weighted by atomic mass is 32.1. The van der Waals surface area contributed by atoms with Gasteiger partial charge in [-0.2, -0.15) is 12.6 Å². The van der Waals surface area contributed by atoms with E-state index >= 15 is 0 Å². The number of thiol groups is 1. The van der Waals surface area contributed by atoms with E-state index in [1.54, 1.807) is 6.20 Å². The van der Waals surface area contributed by atoms with Gasteiger partial charge in [-0.3, -0.25) is 29.0 Å². The third-order valence-corrected chi connectivity index (χ3v) is 5.10. The summed E-state index contributed by atoms with van der Waals surface area (Å²) in [5.74, 6) is -4.97. The summed E-state index contributed by atoms with van der Waals surface area (Å²) in [6.07, 6.45) is 3.65. The van der Waals surface area contributed by atoms with E-state index in [0.717, 1.165) is 5.69 Å². The molecule has 0 fully saturated rings. The first-order valence-electron chi connectivity index (χ1n) is 13.1. The lowest BCUT2D eigenvalue weighted by Crippen LogP contribution is -2.39. The smallest absolute Gasteiger partial charge is 0.323 e. The number of aromatic amines is 1. The summed E-state index contributed by atoms with van der Waals surface area (Å²) in [6.45, 7) is 2.08. The van der Waals surface area contributed by atoms with Gasteiger partial charge >= 0.3 is 29.8 Å².